The fourth-order valence-corrected chi connectivity index (χ4v) is 2.14. The smallest absolute Gasteiger partial charge is 0.352 e. The van der Waals surface area contributed by atoms with Crippen LogP contribution in [0.2, 0.25) is 5.02 Å². The van der Waals surface area contributed by atoms with Gasteiger partial charge in [-0.05, 0) is 24.6 Å². The number of benzene rings is 1. The molecule has 5 nitrogen and oxygen atoms in total. The Bertz CT molecular complexity index is 735. The molecule has 2 aromatic rings. The summed E-state index contributed by atoms with van der Waals surface area (Å²) in [6, 6.07) is 3.34. The van der Waals surface area contributed by atoms with Gasteiger partial charge in [-0.1, -0.05) is 24.9 Å². The van der Waals surface area contributed by atoms with Crippen LogP contribution in [0.25, 0.3) is 0 Å². The lowest BCUT2D eigenvalue weighted by molar-refractivity contribution is -0.136. The number of halogens is 4. The maximum Gasteiger partial charge on any atom is 0.418 e. The maximum atomic E-state index is 13.1. The minimum atomic E-state index is -4.58. The average Bonchev–Trinajstić information content (AvgIpc) is 2.56. The fourth-order valence-electron chi connectivity index (χ4n) is 1.97. The Kier molecular flexibility index (Phi) is 6.19. The molecule has 0 atom stereocenters. The van der Waals surface area contributed by atoms with Crippen molar-refractivity contribution in [1.82, 2.24) is 15.3 Å². The molecule has 0 bridgehead atoms. The van der Waals surface area contributed by atoms with Crippen LogP contribution in [0.5, 0.6) is 0 Å². The van der Waals surface area contributed by atoms with E-state index in [2.05, 4.69) is 20.6 Å². The largest absolute Gasteiger partial charge is 0.418 e. The van der Waals surface area contributed by atoms with Crippen molar-refractivity contribution < 1.29 is 18.0 Å². The Morgan fingerprint density at radius 3 is 2.52 bits per heavy atom. The van der Waals surface area contributed by atoms with E-state index in [0.717, 1.165) is 18.9 Å². The molecule has 25 heavy (non-hydrogen) atoms. The van der Waals surface area contributed by atoms with E-state index in [1.165, 1.54) is 24.5 Å². The average molecular weight is 373 g/mol. The van der Waals surface area contributed by atoms with Crippen molar-refractivity contribution in [3.05, 3.63) is 46.7 Å². The summed E-state index contributed by atoms with van der Waals surface area (Å²) in [5, 5.41) is 5.16. The van der Waals surface area contributed by atoms with Crippen molar-refractivity contribution in [3.63, 3.8) is 0 Å². The summed E-state index contributed by atoms with van der Waals surface area (Å²) < 4.78 is 39.2. The van der Waals surface area contributed by atoms with Crippen LogP contribution >= 0.6 is 11.6 Å². The number of carbonyl (C=O) groups is 1. The number of nitrogens with one attached hydrogen (secondary N) is 2. The van der Waals surface area contributed by atoms with Crippen molar-refractivity contribution in [2.75, 3.05) is 11.9 Å². The molecule has 2 rings (SSSR count). The number of unbranched alkanes of at least 4 members (excludes halogenated alkanes) is 1. The third-order valence-electron chi connectivity index (χ3n) is 3.26. The normalized spacial score (nSPS) is 11.2. The van der Waals surface area contributed by atoms with Gasteiger partial charge in [-0.2, -0.15) is 13.2 Å². The van der Waals surface area contributed by atoms with Crippen LogP contribution in [0, 0.1) is 0 Å². The zero-order valence-corrected chi connectivity index (χ0v) is 14.1. The second-order valence-electron chi connectivity index (χ2n) is 5.22. The van der Waals surface area contributed by atoms with Crippen LogP contribution < -0.4 is 10.6 Å². The first-order valence-corrected chi connectivity index (χ1v) is 7.93. The molecule has 0 aliphatic heterocycles. The van der Waals surface area contributed by atoms with Gasteiger partial charge in [0.15, 0.2) is 0 Å². The van der Waals surface area contributed by atoms with E-state index in [0.29, 0.717) is 6.54 Å². The van der Waals surface area contributed by atoms with Crippen molar-refractivity contribution in [2.24, 2.45) is 0 Å². The summed E-state index contributed by atoms with van der Waals surface area (Å²) in [5.74, 6) is -0.389. The zero-order chi connectivity index (χ0) is 18.4. The van der Waals surface area contributed by atoms with Gasteiger partial charge in [-0.25, -0.2) is 9.97 Å². The van der Waals surface area contributed by atoms with Crippen molar-refractivity contribution >= 4 is 29.1 Å². The molecule has 0 spiro atoms. The highest BCUT2D eigenvalue weighted by molar-refractivity contribution is 6.30. The first-order chi connectivity index (χ1) is 11.8. The summed E-state index contributed by atoms with van der Waals surface area (Å²) in [4.78, 5) is 19.6. The van der Waals surface area contributed by atoms with Gasteiger partial charge >= 0.3 is 6.18 Å². The van der Waals surface area contributed by atoms with Gasteiger partial charge in [0.2, 0.25) is 5.95 Å². The topological polar surface area (TPSA) is 66.9 Å². The number of alkyl halides is 3. The highest BCUT2D eigenvalue weighted by atomic mass is 35.5. The van der Waals surface area contributed by atoms with Gasteiger partial charge in [0.1, 0.15) is 0 Å². The summed E-state index contributed by atoms with van der Waals surface area (Å²) >= 11 is 5.63. The second-order valence-corrected chi connectivity index (χ2v) is 5.65. The molecule has 0 saturated carbocycles. The highest BCUT2D eigenvalue weighted by Gasteiger charge is 2.34. The predicted molar refractivity (Wildman–Crippen MR) is 89.0 cm³/mol. The van der Waals surface area contributed by atoms with Crippen molar-refractivity contribution in [2.45, 2.75) is 25.9 Å². The molecule has 1 heterocycles. The van der Waals surface area contributed by atoms with Crippen LogP contribution in [-0.2, 0) is 6.18 Å². The summed E-state index contributed by atoms with van der Waals surface area (Å²) in [5.41, 5.74) is -0.921. The molecule has 0 saturated heterocycles. The minimum absolute atomic E-state index is 0.0297. The molecular formula is C16H16ClF3N4O. The lowest BCUT2D eigenvalue weighted by Crippen LogP contribution is -2.24. The van der Waals surface area contributed by atoms with Gasteiger partial charge in [-0.3, -0.25) is 4.79 Å². The molecule has 1 aromatic heterocycles. The Labute approximate surface area is 147 Å². The third kappa shape index (κ3) is 5.32. The van der Waals surface area contributed by atoms with Crippen molar-refractivity contribution in [1.29, 1.82) is 0 Å². The summed E-state index contributed by atoms with van der Waals surface area (Å²) in [7, 11) is 0. The molecule has 0 radical (unpaired) electrons. The number of nitrogens with zero attached hydrogens (tertiary/aromatic N) is 2. The standard InChI is InChI=1S/C16H16ClF3N4O/c1-2-3-6-21-14(25)10-8-22-15(23-9-10)24-13-5-4-11(17)7-12(13)16(18,19)20/h4-5,7-9H,2-3,6H2,1H3,(H,21,25)(H,22,23,24). The molecule has 0 aliphatic carbocycles. The number of rotatable bonds is 6. The van der Waals surface area contributed by atoms with Crippen molar-refractivity contribution in [3.8, 4) is 0 Å². The van der Waals surface area contributed by atoms with Gasteiger partial charge < -0.3 is 10.6 Å². The molecule has 0 aliphatic rings. The van der Waals surface area contributed by atoms with Crippen LogP contribution in [-0.4, -0.2) is 22.4 Å². The van der Waals surface area contributed by atoms with Crippen LogP contribution in [0.4, 0.5) is 24.8 Å². The van der Waals surface area contributed by atoms with E-state index in [9.17, 15) is 18.0 Å². The Morgan fingerprint density at radius 1 is 1.24 bits per heavy atom. The van der Waals surface area contributed by atoms with Crippen LogP contribution in [0.3, 0.4) is 0 Å². The van der Waals surface area contributed by atoms with Gasteiger partial charge in [0.05, 0.1) is 16.8 Å². The van der Waals surface area contributed by atoms with E-state index in [4.69, 9.17) is 11.6 Å². The molecule has 134 valence electrons. The van der Waals surface area contributed by atoms with Gasteiger partial charge in [0, 0.05) is 24.0 Å². The van der Waals surface area contributed by atoms with Crippen LogP contribution in [0.15, 0.2) is 30.6 Å². The van der Waals surface area contributed by atoms with Gasteiger partial charge in [0.25, 0.3) is 5.91 Å². The van der Waals surface area contributed by atoms with Crippen LogP contribution in [0.1, 0.15) is 35.7 Å². The van der Waals surface area contributed by atoms with E-state index < -0.39 is 11.7 Å². The summed E-state index contributed by atoms with van der Waals surface area (Å²) in [6.07, 6.45) is -0.281. The van der Waals surface area contributed by atoms with E-state index in [1.54, 1.807) is 0 Å². The number of carbonyl (C=O) groups excluding carboxylic acids is 1. The quantitative estimate of drug-likeness (QED) is 0.736. The molecular weight excluding hydrogens is 357 g/mol. The molecule has 1 amide bonds. The SMILES string of the molecule is CCCCNC(=O)c1cnc(Nc2ccc(Cl)cc2C(F)(F)F)nc1. The highest BCUT2D eigenvalue weighted by Crippen LogP contribution is 2.37. The molecule has 1 aromatic carbocycles. The minimum Gasteiger partial charge on any atom is -0.352 e. The Morgan fingerprint density at radius 2 is 1.92 bits per heavy atom. The second kappa shape index (κ2) is 8.15. The number of hydrogen-bond acceptors (Lipinski definition) is 4. The van der Waals surface area contributed by atoms with E-state index in [-0.39, 0.29) is 28.1 Å². The molecule has 9 heteroatoms. The summed E-state index contributed by atoms with van der Waals surface area (Å²) in [6.45, 7) is 2.54. The monoisotopic (exact) mass is 372 g/mol. The number of aromatic nitrogens is 2. The Balaban J connectivity index is 2.13. The zero-order valence-electron chi connectivity index (χ0n) is 13.3. The number of amides is 1. The lowest BCUT2D eigenvalue weighted by atomic mass is 10.1. The van der Waals surface area contributed by atoms with Gasteiger partial charge in [-0.15, -0.1) is 0 Å². The lowest BCUT2D eigenvalue weighted by Gasteiger charge is -2.14. The first-order valence-electron chi connectivity index (χ1n) is 7.55. The number of anilines is 2. The van der Waals surface area contributed by atoms with E-state index in [1.807, 2.05) is 6.92 Å². The first kappa shape index (κ1) is 19.0. The fraction of sp³-hybridized carbons (Fsp3) is 0.312. The Hall–Kier alpha value is -2.35. The molecule has 0 unspecified atom stereocenters. The molecule has 2 N–H and O–H groups in total. The third-order valence-corrected chi connectivity index (χ3v) is 3.50. The predicted octanol–water partition coefficient (Wildman–Crippen LogP) is 4.42. The number of hydrogen-bond donors (Lipinski definition) is 2. The maximum absolute atomic E-state index is 13.1. The molecule has 0 fully saturated rings. The van der Waals surface area contributed by atoms with E-state index >= 15 is 0 Å².